The summed E-state index contributed by atoms with van der Waals surface area (Å²) < 4.78 is 38.7. The van der Waals surface area contributed by atoms with Gasteiger partial charge in [-0.05, 0) is 31.2 Å². The number of fused-ring (bicyclic) bond motifs is 1. The summed E-state index contributed by atoms with van der Waals surface area (Å²) >= 11 is 1.60. The second-order valence-corrected chi connectivity index (χ2v) is 7.87. The molecule has 1 saturated heterocycles. The van der Waals surface area contributed by atoms with Crippen LogP contribution in [0.2, 0.25) is 0 Å². The fourth-order valence-electron chi connectivity index (χ4n) is 3.35. The summed E-state index contributed by atoms with van der Waals surface area (Å²) in [5, 5.41) is 0.989. The van der Waals surface area contributed by atoms with Crippen LogP contribution in [0.4, 0.5) is 19.0 Å². The molecule has 0 radical (unpaired) electrons. The Labute approximate surface area is 163 Å². The molecule has 0 saturated carbocycles. The van der Waals surface area contributed by atoms with Crippen molar-refractivity contribution >= 4 is 33.3 Å². The molecule has 1 aliphatic rings. The van der Waals surface area contributed by atoms with Gasteiger partial charge in [0.05, 0.1) is 10.9 Å². The van der Waals surface area contributed by atoms with Gasteiger partial charge in [-0.25, -0.2) is 9.97 Å². The van der Waals surface area contributed by atoms with E-state index in [-0.39, 0.29) is 11.5 Å². The van der Waals surface area contributed by atoms with E-state index in [4.69, 9.17) is 0 Å². The summed E-state index contributed by atoms with van der Waals surface area (Å²) in [7, 11) is 0. The molecule has 0 spiro atoms. The molecule has 4 rings (SSSR count). The van der Waals surface area contributed by atoms with Crippen LogP contribution in [0.5, 0.6) is 0 Å². The zero-order chi connectivity index (χ0) is 19.9. The molecule has 1 aromatic carbocycles. The predicted molar refractivity (Wildman–Crippen MR) is 102 cm³/mol. The van der Waals surface area contributed by atoms with Crippen molar-refractivity contribution in [2.24, 2.45) is 0 Å². The van der Waals surface area contributed by atoms with Crippen molar-refractivity contribution in [3.05, 3.63) is 52.7 Å². The smallest absolute Gasteiger partial charge is 0.352 e. The molecule has 28 heavy (non-hydrogen) atoms. The molecule has 1 amide bonds. The average Bonchev–Trinajstić information content (AvgIpc) is 3.07. The molecule has 146 valence electrons. The lowest BCUT2D eigenvalue weighted by Crippen LogP contribution is -2.49. The Morgan fingerprint density at radius 2 is 1.86 bits per heavy atom. The summed E-state index contributed by atoms with van der Waals surface area (Å²) in [4.78, 5) is 27.1. The molecule has 5 nitrogen and oxygen atoms in total. The second-order valence-electron chi connectivity index (χ2n) is 6.63. The Kier molecular flexibility index (Phi) is 4.70. The third-order valence-electron chi connectivity index (χ3n) is 4.73. The van der Waals surface area contributed by atoms with Gasteiger partial charge in [0.1, 0.15) is 17.0 Å². The lowest BCUT2D eigenvalue weighted by atomic mass is 10.1. The van der Waals surface area contributed by atoms with Crippen LogP contribution in [-0.2, 0) is 6.18 Å². The summed E-state index contributed by atoms with van der Waals surface area (Å²) in [6, 6.07) is 6.62. The molecule has 1 fully saturated rings. The molecule has 2 aromatic heterocycles. The van der Waals surface area contributed by atoms with Crippen LogP contribution in [-0.4, -0.2) is 47.0 Å². The van der Waals surface area contributed by atoms with Crippen LogP contribution < -0.4 is 4.90 Å². The van der Waals surface area contributed by atoms with Gasteiger partial charge in [0, 0.05) is 36.6 Å². The molecular formula is C19H17F3N4OS. The maximum Gasteiger partial charge on any atom is 0.416 e. The van der Waals surface area contributed by atoms with Crippen molar-refractivity contribution in [1.29, 1.82) is 0 Å². The lowest BCUT2D eigenvalue weighted by Gasteiger charge is -2.35. The number of rotatable bonds is 2. The molecule has 0 N–H and O–H groups in total. The van der Waals surface area contributed by atoms with Crippen molar-refractivity contribution in [2.75, 3.05) is 31.1 Å². The first-order valence-electron chi connectivity index (χ1n) is 8.75. The van der Waals surface area contributed by atoms with E-state index < -0.39 is 11.7 Å². The minimum absolute atomic E-state index is 0.0566. The molecular weight excluding hydrogens is 389 g/mol. The number of aromatic nitrogens is 2. The Morgan fingerprint density at radius 3 is 2.57 bits per heavy atom. The SMILES string of the molecule is Cc1cc2c(N3CCN(C(=O)c4cccc(C(F)(F)F)c4)CC3)ncnc2s1. The van der Waals surface area contributed by atoms with Crippen LogP contribution in [0.1, 0.15) is 20.8 Å². The van der Waals surface area contributed by atoms with E-state index in [1.165, 1.54) is 18.5 Å². The maximum atomic E-state index is 12.9. The Morgan fingerprint density at radius 1 is 1.11 bits per heavy atom. The number of hydrogen-bond acceptors (Lipinski definition) is 5. The normalized spacial score (nSPS) is 15.3. The second kappa shape index (κ2) is 7.05. The van der Waals surface area contributed by atoms with Crippen LogP contribution >= 0.6 is 11.3 Å². The summed E-state index contributed by atoms with van der Waals surface area (Å²) in [6.07, 6.45) is -2.93. The minimum Gasteiger partial charge on any atom is -0.352 e. The number of piperazine rings is 1. The van der Waals surface area contributed by atoms with E-state index in [2.05, 4.69) is 20.9 Å². The van der Waals surface area contributed by atoms with Gasteiger partial charge in [-0.1, -0.05) is 6.07 Å². The highest BCUT2D eigenvalue weighted by Gasteiger charge is 2.32. The molecule has 9 heteroatoms. The van der Waals surface area contributed by atoms with E-state index in [1.807, 2.05) is 6.92 Å². The molecule has 0 aliphatic carbocycles. The molecule has 0 bridgehead atoms. The molecule has 0 atom stereocenters. The van der Waals surface area contributed by atoms with E-state index in [9.17, 15) is 18.0 Å². The Bertz CT molecular complexity index is 1030. The van der Waals surface area contributed by atoms with Crippen LogP contribution in [0.3, 0.4) is 0 Å². The first-order chi connectivity index (χ1) is 13.3. The number of halogens is 3. The number of aryl methyl sites for hydroxylation is 1. The fourth-order valence-corrected chi connectivity index (χ4v) is 4.19. The number of carbonyl (C=O) groups excluding carboxylic acids is 1. The van der Waals surface area contributed by atoms with Crippen LogP contribution in [0.15, 0.2) is 36.7 Å². The van der Waals surface area contributed by atoms with Gasteiger partial charge in [0.25, 0.3) is 5.91 Å². The van der Waals surface area contributed by atoms with Crippen molar-refractivity contribution in [2.45, 2.75) is 13.1 Å². The number of amides is 1. The van der Waals surface area contributed by atoms with Gasteiger partial charge >= 0.3 is 6.18 Å². The lowest BCUT2D eigenvalue weighted by molar-refractivity contribution is -0.137. The van der Waals surface area contributed by atoms with Gasteiger partial charge in [-0.2, -0.15) is 13.2 Å². The fraction of sp³-hybridized carbons (Fsp3) is 0.316. The van der Waals surface area contributed by atoms with Gasteiger partial charge in [0.15, 0.2) is 0 Å². The maximum absolute atomic E-state index is 12.9. The Hall–Kier alpha value is -2.68. The third kappa shape index (κ3) is 3.54. The summed E-state index contributed by atoms with van der Waals surface area (Å²) in [6.45, 7) is 3.98. The van der Waals surface area contributed by atoms with Crippen molar-refractivity contribution in [3.63, 3.8) is 0 Å². The first-order valence-corrected chi connectivity index (χ1v) is 9.57. The molecule has 0 unspecified atom stereocenters. The zero-order valence-corrected chi connectivity index (χ0v) is 15.8. The number of alkyl halides is 3. The predicted octanol–water partition coefficient (Wildman–Crippen LogP) is 3.98. The number of nitrogens with zero attached hydrogens (tertiary/aromatic N) is 4. The Balaban J connectivity index is 1.49. The van der Waals surface area contributed by atoms with Crippen molar-refractivity contribution in [3.8, 4) is 0 Å². The topological polar surface area (TPSA) is 49.3 Å². The standard InChI is InChI=1S/C19H17F3N4OS/c1-12-9-15-16(23-11-24-17(15)28-12)25-5-7-26(8-6-25)18(27)13-3-2-4-14(10-13)19(20,21)22/h2-4,9-11H,5-8H2,1H3. The zero-order valence-electron chi connectivity index (χ0n) is 15.0. The molecule has 3 aromatic rings. The van der Waals surface area contributed by atoms with Crippen molar-refractivity contribution < 1.29 is 18.0 Å². The van der Waals surface area contributed by atoms with E-state index in [0.29, 0.717) is 26.2 Å². The highest BCUT2D eigenvalue weighted by molar-refractivity contribution is 7.18. The third-order valence-corrected chi connectivity index (χ3v) is 5.69. The minimum atomic E-state index is -4.47. The van der Waals surface area contributed by atoms with Crippen molar-refractivity contribution in [1.82, 2.24) is 14.9 Å². The monoisotopic (exact) mass is 406 g/mol. The largest absolute Gasteiger partial charge is 0.416 e. The summed E-state index contributed by atoms with van der Waals surface area (Å²) in [5.74, 6) is 0.450. The van der Waals surface area contributed by atoms with Crippen LogP contribution in [0.25, 0.3) is 10.2 Å². The number of anilines is 1. The van der Waals surface area contributed by atoms with Gasteiger partial charge in [-0.3, -0.25) is 4.79 Å². The van der Waals surface area contributed by atoms with Gasteiger partial charge < -0.3 is 9.80 Å². The summed E-state index contributed by atoms with van der Waals surface area (Å²) in [5.41, 5.74) is -0.755. The number of hydrogen-bond donors (Lipinski definition) is 0. The van der Waals surface area contributed by atoms with Gasteiger partial charge in [-0.15, -0.1) is 11.3 Å². The van der Waals surface area contributed by atoms with Gasteiger partial charge in [0.2, 0.25) is 0 Å². The highest BCUT2D eigenvalue weighted by atomic mass is 32.1. The average molecular weight is 406 g/mol. The first kappa shape index (κ1) is 18.7. The highest BCUT2D eigenvalue weighted by Crippen LogP contribution is 2.31. The van der Waals surface area contributed by atoms with E-state index >= 15 is 0 Å². The number of carbonyl (C=O) groups is 1. The van der Waals surface area contributed by atoms with E-state index in [0.717, 1.165) is 33.0 Å². The number of benzene rings is 1. The molecule has 3 heterocycles. The van der Waals surface area contributed by atoms with Crippen LogP contribution in [0, 0.1) is 6.92 Å². The van der Waals surface area contributed by atoms with E-state index in [1.54, 1.807) is 16.2 Å². The molecule has 1 aliphatic heterocycles. The number of thiophene rings is 1. The quantitative estimate of drug-likeness (QED) is 0.646.